The van der Waals surface area contributed by atoms with Crippen LogP contribution in [0.5, 0.6) is 11.5 Å². The molecule has 2 bridgehead atoms. The number of carbonyl (C=O) groups is 1. The van der Waals surface area contributed by atoms with Crippen molar-refractivity contribution < 1.29 is 27.4 Å². The summed E-state index contributed by atoms with van der Waals surface area (Å²) in [5.41, 5.74) is 0.562. The highest BCUT2D eigenvalue weighted by atomic mass is 32.2. The van der Waals surface area contributed by atoms with E-state index in [0.29, 0.717) is 29.4 Å². The molecule has 0 aromatic heterocycles. The number of methoxy groups -OCH3 is 2. The lowest BCUT2D eigenvalue weighted by molar-refractivity contribution is -0.149. The van der Waals surface area contributed by atoms with E-state index >= 15 is 0 Å². The zero-order chi connectivity index (χ0) is 18.7. The summed E-state index contributed by atoms with van der Waals surface area (Å²) in [6.45, 7) is 1.88. The Labute approximate surface area is 153 Å². The van der Waals surface area contributed by atoms with E-state index in [-0.39, 0.29) is 23.5 Å². The molecule has 142 valence electrons. The Kier molecular flexibility index (Phi) is 3.96. The van der Waals surface area contributed by atoms with Crippen molar-refractivity contribution in [3.8, 4) is 11.5 Å². The van der Waals surface area contributed by atoms with Crippen LogP contribution in [0.4, 0.5) is 0 Å². The second-order valence-electron chi connectivity index (χ2n) is 7.25. The molecule has 3 aliphatic rings. The third kappa shape index (κ3) is 2.28. The van der Waals surface area contributed by atoms with Crippen molar-refractivity contribution in [2.75, 3.05) is 20.8 Å². The molecule has 7 nitrogen and oxygen atoms in total. The van der Waals surface area contributed by atoms with Crippen LogP contribution in [0, 0.1) is 0 Å². The van der Waals surface area contributed by atoms with Gasteiger partial charge >= 0.3 is 5.97 Å². The molecule has 1 saturated carbocycles. The largest absolute Gasteiger partial charge is 0.493 e. The molecular weight excluding hydrogens is 358 g/mol. The van der Waals surface area contributed by atoms with E-state index in [1.54, 1.807) is 17.5 Å². The van der Waals surface area contributed by atoms with Gasteiger partial charge in [0.15, 0.2) is 11.5 Å². The van der Waals surface area contributed by atoms with Gasteiger partial charge in [0.1, 0.15) is 6.10 Å². The van der Waals surface area contributed by atoms with Crippen molar-refractivity contribution >= 4 is 16.0 Å². The molecule has 1 saturated heterocycles. The number of ether oxygens (including phenoxy) is 3. The van der Waals surface area contributed by atoms with Crippen LogP contribution in [0.25, 0.3) is 0 Å². The van der Waals surface area contributed by atoms with Crippen molar-refractivity contribution in [1.82, 2.24) is 4.31 Å². The first kappa shape index (κ1) is 17.6. The van der Waals surface area contributed by atoms with Crippen molar-refractivity contribution in [2.24, 2.45) is 0 Å². The first-order chi connectivity index (χ1) is 12.3. The summed E-state index contributed by atoms with van der Waals surface area (Å²) in [6.07, 6.45) is 2.59. The van der Waals surface area contributed by atoms with Gasteiger partial charge in [0.05, 0.1) is 19.1 Å². The van der Waals surface area contributed by atoms with Gasteiger partial charge in [-0.15, -0.1) is 0 Å². The number of hydrogen-bond donors (Lipinski definition) is 0. The van der Waals surface area contributed by atoms with Crippen LogP contribution in [0.2, 0.25) is 0 Å². The van der Waals surface area contributed by atoms with E-state index in [1.807, 2.05) is 6.07 Å². The third-order valence-corrected chi connectivity index (χ3v) is 8.05. The van der Waals surface area contributed by atoms with Crippen LogP contribution >= 0.6 is 0 Å². The average molecular weight is 381 g/mol. The molecule has 2 fully saturated rings. The van der Waals surface area contributed by atoms with Crippen LogP contribution < -0.4 is 9.47 Å². The van der Waals surface area contributed by atoms with Crippen LogP contribution in [0.3, 0.4) is 0 Å². The van der Waals surface area contributed by atoms with Crippen molar-refractivity contribution in [2.45, 2.75) is 55.1 Å². The Bertz CT molecular complexity index is 867. The maximum absolute atomic E-state index is 13.2. The van der Waals surface area contributed by atoms with E-state index in [1.165, 1.54) is 14.0 Å². The molecule has 4 atom stereocenters. The molecule has 0 spiro atoms. The predicted octanol–water partition coefficient (Wildman–Crippen LogP) is 1.83. The normalized spacial score (nSPS) is 33.7. The smallest absolute Gasteiger partial charge is 0.302 e. The minimum absolute atomic E-state index is 0.184. The fourth-order valence-electron chi connectivity index (χ4n) is 5.00. The Hall–Kier alpha value is -1.80. The number of carbonyl (C=O) groups excluding carboxylic acids is 1. The van der Waals surface area contributed by atoms with Crippen LogP contribution in [0.1, 0.15) is 38.2 Å². The minimum Gasteiger partial charge on any atom is -0.493 e. The number of fused-ring (bicyclic) bond motifs is 1. The quantitative estimate of drug-likeness (QED) is 0.743. The number of esters is 1. The molecule has 0 N–H and O–H groups in total. The van der Waals surface area contributed by atoms with Crippen LogP contribution in [0.15, 0.2) is 17.0 Å². The highest BCUT2D eigenvalue weighted by Crippen LogP contribution is 2.57. The van der Waals surface area contributed by atoms with Gasteiger partial charge in [0, 0.05) is 37.4 Å². The van der Waals surface area contributed by atoms with Gasteiger partial charge in [-0.25, -0.2) is 8.42 Å². The lowest BCUT2D eigenvalue weighted by atomic mass is 9.65. The third-order valence-electron chi connectivity index (χ3n) is 6.10. The second kappa shape index (κ2) is 5.85. The molecule has 1 aromatic rings. The fourth-order valence-corrected chi connectivity index (χ4v) is 7.00. The average Bonchev–Trinajstić information content (AvgIpc) is 2.96. The molecule has 1 unspecified atom stereocenters. The van der Waals surface area contributed by atoms with Crippen LogP contribution in [-0.4, -0.2) is 51.6 Å². The van der Waals surface area contributed by atoms with Gasteiger partial charge < -0.3 is 14.2 Å². The summed E-state index contributed by atoms with van der Waals surface area (Å²) in [7, 11) is -0.568. The molecular formula is C18H23NO6S. The second-order valence-corrected chi connectivity index (χ2v) is 9.11. The summed E-state index contributed by atoms with van der Waals surface area (Å²) in [6, 6.07) is 3.22. The van der Waals surface area contributed by atoms with Crippen LogP contribution in [-0.2, 0) is 25.0 Å². The molecule has 2 aliphatic heterocycles. The molecule has 0 amide bonds. The van der Waals surface area contributed by atoms with Gasteiger partial charge in [-0.1, -0.05) is 0 Å². The summed E-state index contributed by atoms with van der Waals surface area (Å²) < 4.78 is 44.2. The molecule has 1 aromatic carbocycles. The van der Waals surface area contributed by atoms with E-state index in [4.69, 9.17) is 14.2 Å². The minimum atomic E-state index is -3.62. The summed E-state index contributed by atoms with van der Waals surface area (Å²) >= 11 is 0. The Balaban J connectivity index is 1.86. The van der Waals surface area contributed by atoms with Gasteiger partial charge in [-0.3, -0.25) is 4.79 Å². The van der Waals surface area contributed by atoms with Gasteiger partial charge in [-0.05, 0) is 30.9 Å². The van der Waals surface area contributed by atoms with Gasteiger partial charge in [0.25, 0.3) is 0 Å². The van der Waals surface area contributed by atoms with E-state index in [2.05, 4.69) is 0 Å². The lowest BCUT2D eigenvalue weighted by Crippen LogP contribution is -2.54. The highest BCUT2D eigenvalue weighted by molar-refractivity contribution is 7.89. The summed E-state index contributed by atoms with van der Waals surface area (Å²) in [5, 5.41) is 0. The van der Waals surface area contributed by atoms with Gasteiger partial charge in [0.2, 0.25) is 10.0 Å². The first-order valence-corrected chi connectivity index (χ1v) is 10.2. The van der Waals surface area contributed by atoms with E-state index in [0.717, 1.165) is 24.8 Å². The molecule has 8 heteroatoms. The molecule has 0 radical (unpaired) electrons. The van der Waals surface area contributed by atoms with Gasteiger partial charge in [-0.2, -0.15) is 4.31 Å². The monoisotopic (exact) mass is 381 g/mol. The first-order valence-electron chi connectivity index (χ1n) is 8.79. The molecule has 4 rings (SSSR count). The summed E-state index contributed by atoms with van der Waals surface area (Å²) in [4.78, 5) is 11.7. The van der Waals surface area contributed by atoms with E-state index in [9.17, 15) is 13.2 Å². The SMILES string of the molecule is COc1cc2c(cc1OC)S(=O)(=O)N1CC[C@]23CC[C@H](OC(C)=O)C[C@@H]13. The van der Waals surface area contributed by atoms with Crippen molar-refractivity contribution in [3.05, 3.63) is 17.7 Å². The zero-order valence-corrected chi connectivity index (χ0v) is 16.0. The number of sulfonamides is 1. The molecule has 1 aliphatic carbocycles. The standard InChI is InChI=1S/C18H23NO6S/c1-11(20)25-12-4-5-18-6-7-19(17(18)8-12)26(21,22)16-10-15(24-3)14(23-2)9-13(16)18/h9-10,12,17H,4-8H2,1-3H3/t12-,17+,18+/m0/s1. The Morgan fingerprint density at radius 3 is 2.54 bits per heavy atom. The Morgan fingerprint density at radius 1 is 1.19 bits per heavy atom. The number of nitrogens with zero attached hydrogens (tertiary/aromatic N) is 1. The zero-order valence-electron chi connectivity index (χ0n) is 15.1. The summed E-state index contributed by atoms with van der Waals surface area (Å²) in [5.74, 6) is 0.634. The topological polar surface area (TPSA) is 82.1 Å². The Morgan fingerprint density at radius 2 is 1.88 bits per heavy atom. The molecule has 2 heterocycles. The fraction of sp³-hybridized carbons (Fsp3) is 0.611. The van der Waals surface area contributed by atoms with E-state index < -0.39 is 10.0 Å². The highest BCUT2D eigenvalue weighted by Gasteiger charge is 2.60. The maximum atomic E-state index is 13.2. The van der Waals surface area contributed by atoms with Crippen molar-refractivity contribution in [3.63, 3.8) is 0 Å². The number of hydrogen-bond acceptors (Lipinski definition) is 6. The maximum Gasteiger partial charge on any atom is 0.302 e. The van der Waals surface area contributed by atoms with Crippen molar-refractivity contribution in [1.29, 1.82) is 0 Å². The number of benzene rings is 1. The molecule has 26 heavy (non-hydrogen) atoms. The number of rotatable bonds is 3. The lowest BCUT2D eigenvalue weighted by Gasteiger charge is -2.48. The predicted molar refractivity (Wildman–Crippen MR) is 92.9 cm³/mol.